The number of hydrogen-bond donors (Lipinski definition) is 0. The van der Waals surface area contributed by atoms with Crippen LogP contribution in [0.3, 0.4) is 0 Å². The molecule has 1 aliphatic heterocycles. The first-order valence-corrected chi connectivity index (χ1v) is 11.3. The summed E-state index contributed by atoms with van der Waals surface area (Å²) in [6, 6.07) is 20.2. The second-order valence-electron chi connectivity index (χ2n) is 7.00. The molecule has 0 saturated carbocycles. The van der Waals surface area contributed by atoms with Gasteiger partial charge in [-0.05, 0) is 0 Å². The van der Waals surface area contributed by atoms with Gasteiger partial charge in [-0.1, -0.05) is 0 Å². The summed E-state index contributed by atoms with van der Waals surface area (Å²) in [5.41, 5.74) is 1.06. The molecule has 0 bridgehead atoms. The molecule has 1 aliphatic rings. The zero-order valence-electron chi connectivity index (χ0n) is 16.5. The van der Waals surface area contributed by atoms with E-state index in [-0.39, 0.29) is 32.1 Å². The Balaban J connectivity index is 1.91. The van der Waals surface area contributed by atoms with E-state index in [4.69, 9.17) is 14.2 Å². The summed E-state index contributed by atoms with van der Waals surface area (Å²) in [6.07, 6.45) is -0.522. The Kier molecular flexibility index (Phi) is 7.13. The quantitative estimate of drug-likeness (QED) is 0.611. The first-order chi connectivity index (χ1) is 13.5. The number of nitrogens with zero attached hydrogens (tertiary/aromatic N) is 1. The summed E-state index contributed by atoms with van der Waals surface area (Å²) in [5.74, 6) is -0.650. The van der Waals surface area contributed by atoms with Crippen molar-refractivity contribution >= 4 is 25.5 Å². The molecule has 150 valence electrons. The summed E-state index contributed by atoms with van der Waals surface area (Å²) in [7, 11) is 0. The van der Waals surface area contributed by atoms with Crippen molar-refractivity contribution in [3.8, 4) is 0 Å². The predicted molar refractivity (Wildman–Crippen MR) is 110 cm³/mol. The molecule has 1 saturated heterocycles. The van der Waals surface area contributed by atoms with Crippen molar-refractivity contribution in [1.29, 1.82) is 0 Å². The van der Waals surface area contributed by atoms with Gasteiger partial charge in [-0.15, -0.1) is 0 Å². The SMILES string of the molecule is CCOC(=O)N(Cc1ccccc1)[C@H]([Se]c1ccccc1)[C@H]1COC(C)(C)O1. The van der Waals surface area contributed by atoms with Gasteiger partial charge >= 0.3 is 173 Å². The van der Waals surface area contributed by atoms with Crippen LogP contribution in [0.4, 0.5) is 4.79 Å². The van der Waals surface area contributed by atoms with Crippen LogP contribution in [0.15, 0.2) is 60.7 Å². The van der Waals surface area contributed by atoms with Gasteiger partial charge in [0.25, 0.3) is 0 Å². The summed E-state index contributed by atoms with van der Waals surface area (Å²) in [5, 5.41) is 0. The van der Waals surface area contributed by atoms with Gasteiger partial charge in [0.2, 0.25) is 0 Å². The van der Waals surface area contributed by atoms with Crippen LogP contribution >= 0.6 is 0 Å². The Labute approximate surface area is 173 Å². The van der Waals surface area contributed by atoms with Crippen LogP contribution in [0.2, 0.25) is 0 Å². The number of ether oxygens (including phenoxy) is 3. The van der Waals surface area contributed by atoms with Gasteiger partial charge in [0.05, 0.1) is 0 Å². The number of benzene rings is 2. The molecule has 2 aromatic carbocycles. The van der Waals surface area contributed by atoms with Gasteiger partial charge in [-0.25, -0.2) is 0 Å². The fourth-order valence-electron chi connectivity index (χ4n) is 3.08. The van der Waals surface area contributed by atoms with Crippen LogP contribution < -0.4 is 4.46 Å². The molecule has 0 unspecified atom stereocenters. The normalized spacial score (nSPS) is 19.2. The number of rotatable bonds is 7. The molecule has 5 nitrogen and oxygen atoms in total. The van der Waals surface area contributed by atoms with Crippen molar-refractivity contribution in [3.63, 3.8) is 0 Å². The van der Waals surface area contributed by atoms with E-state index in [0.717, 1.165) is 5.56 Å². The van der Waals surface area contributed by atoms with Crippen LogP contribution in [0.25, 0.3) is 0 Å². The van der Waals surface area contributed by atoms with Crippen LogP contribution in [-0.2, 0) is 20.8 Å². The van der Waals surface area contributed by atoms with Crippen molar-refractivity contribution in [3.05, 3.63) is 66.2 Å². The number of carbonyl (C=O) groups excluding carboxylic acids is 1. The van der Waals surface area contributed by atoms with Crippen molar-refractivity contribution in [2.24, 2.45) is 0 Å². The fraction of sp³-hybridized carbons (Fsp3) is 0.409. The van der Waals surface area contributed by atoms with Gasteiger partial charge < -0.3 is 0 Å². The molecule has 0 radical (unpaired) electrons. The minimum absolute atomic E-state index is 0.0305. The molecule has 0 N–H and O–H groups in total. The average molecular weight is 448 g/mol. The second kappa shape index (κ2) is 9.57. The third-order valence-corrected chi connectivity index (χ3v) is 7.17. The van der Waals surface area contributed by atoms with Gasteiger partial charge in [-0.3, -0.25) is 0 Å². The third kappa shape index (κ3) is 5.58. The number of hydrogen-bond acceptors (Lipinski definition) is 4. The molecule has 0 aliphatic carbocycles. The predicted octanol–water partition coefficient (Wildman–Crippen LogP) is 3.15. The molecule has 1 fully saturated rings. The van der Waals surface area contributed by atoms with E-state index in [0.29, 0.717) is 19.8 Å². The first kappa shape index (κ1) is 20.9. The fourth-order valence-corrected chi connectivity index (χ4v) is 5.53. The Hall–Kier alpha value is -1.85. The standard InChI is InChI=1S/C22H27NO4Se/c1-4-25-21(24)23(15-17-11-7-5-8-12-17)20(19-16-26-22(2,3)27-19)28-18-13-9-6-10-14-18/h5-14,19-20H,4,15-16H2,1-3H3/t19-,20-/m1/s1. The molecule has 6 heteroatoms. The Morgan fingerprint density at radius 2 is 1.82 bits per heavy atom. The molecule has 0 spiro atoms. The molecule has 2 aromatic rings. The zero-order chi connectivity index (χ0) is 20.0. The van der Waals surface area contributed by atoms with E-state index in [1.54, 1.807) is 4.90 Å². The van der Waals surface area contributed by atoms with E-state index >= 15 is 0 Å². The van der Waals surface area contributed by atoms with E-state index < -0.39 is 5.79 Å². The van der Waals surface area contributed by atoms with Crippen molar-refractivity contribution in [2.75, 3.05) is 13.2 Å². The molecule has 3 rings (SSSR count). The molecule has 2 atom stereocenters. The van der Waals surface area contributed by atoms with Gasteiger partial charge in [0.1, 0.15) is 0 Å². The van der Waals surface area contributed by atoms with Gasteiger partial charge in [0.15, 0.2) is 0 Å². The first-order valence-electron chi connectivity index (χ1n) is 9.49. The van der Waals surface area contributed by atoms with Crippen LogP contribution in [0, 0.1) is 0 Å². The van der Waals surface area contributed by atoms with E-state index in [2.05, 4.69) is 12.1 Å². The molecular weight excluding hydrogens is 421 g/mol. The molecule has 1 heterocycles. The Morgan fingerprint density at radius 3 is 2.39 bits per heavy atom. The number of amides is 1. The van der Waals surface area contributed by atoms with Gasteiger partial charge in [-0.2, -0.15) is 0 Å². The van der Waals surface area contributed by atoms with E-state index in [1.807, 2.05) is 69.3 Å². The van der Waals surface area contributed by atoms with E-state index in [9.17, 15) is 4.79 Å². The van der Waals surface area contributed by atoms with E-state index in [1.165, 1.54) is 4.46 Å². The topological polar surface area (TPSA) is 48.0 Å². The molecule has 1 amide bonds. The zero-order valence-corrected chi connectivity index (χ0v) is 18.3. The second-order valence-corrected chi connectivity index (χ2v) is 9.50. The number of carbonyl (C=O) groups is 1. The summed E-state index contributed by atoms with van der Waals surface area (Å²) < 4.78 is 18.6. The Bertz CT molecular complexity index is 754. The van der Waals surface area contributed by atoms with Crippen LogP contribution in [-0.4, -0.2) is 56.0 Å². The minimum atomic E-state index is -0.650. The van der Waals surface area contributed by atoms with Crippen molar-refractivity contribution in [2.45, 2.75) is 44.1 Å². The van der Waals surface area contributed by atoms with Gasteiger partial charge in [0, 0.05) is 0 Å². The molecular formula is C22H27NO4Se. The molecule has 0 aromatic heterocycles. The van der Waals surface area contributed by atoms with Crippen LogP contribution in [0.1, 0.15) is 26.3 Å². The monoisotopic (exact) mass is 449 g/mol. The summed E-state index contributed by atoms with van der Waals surface area (Å²) in [4.78, 5) is 14.6. The summed E-state index contributed by atoms with van der Waals surface area (Å²) >= 11 is -0.0305. The maximum absolute atomic E-state index is 12.9. The molecule has 28 heavy (non-hydrogen) atoms. The van der Waals surface area contributed by atoms with Crippen LogP contribution in [0.5, 0.6) is 0 Å². The van der Waals surface area contributed by atoms with Crippen molar-refractivity contribution < 1.29 is 19.0 Å². The average Bonchev–Trinajstić information content (AvgIpc) is 3.06. The summed E-state index contributed by atoms with van der Waals surface area (Å²) in [6.45, 7) is 6.91. The maximum atomic E-state index is 12.9. The Morgan fingerprint density at radius 1 is 1.18 bits per heavy atom. The van der Waals surface area contributed by atoms with Crippen molar-refractivity contribution in [1.82, 2.24) is 4.90 Å². The third-order valence-electron chi connectivity index (χ3n) is 4.35.